The number of carbonyl (C=O) groups excluding carboxylic acids is 2. The predicted molar refractivity (Wildman–Crippen MR) is 97.3 cm³/mol. The molecule has 0 saturated carbocycles. The highest BCUT2D eigenvalue weighted by atomic mass is 16.5. The second kappa shape index (κ2) is 8.95. The molecule has 0 aliphatic carbocycles. The first kappa shape index (κ1) is 18.6. The largest absolute Gasteiger partial charge is 0.379 e. The van der Waals surface area contributed by atoms with E-state index in [4.69, 9.17) is 4.74 Å². The van der Waals surface area contributed by atoms with Gasteiger partial charge in [0.2, 0.25) is 0 Å². The van der Waals surface area contributed by atoms with Gasteiger partial charge in [-0.15, -0.1) is 6.58 Å². The molecule has 2 aliphatic rings. The Hall–Kier alpha value is -2.19. The van der Waals surface area contributed by atoms with Gasteiger partial charge in [0, 0.05) is 39.3 Å². The fourth-order valence-electron chi connectivity index (χ4n) is 3.38. The summed E-state index contributed by atoms with van der Waals surface area (Å²) in [6.45, 7) is 9.32. The molecular weight excluding hydrogens is 334 g/mol. The molecule has 0 unspecified atom stereocenters. The number of fused-ring (bicyclic) bond motifs is 1. The molecule has 0 aromatic carbocycles. The zero-order chi connectivity index (χ0) is 18.4. The van der Waals surface area contributed by atoms with E-state index in [-0.39, 0.29) is 11.8 Å². The number of amides is 2. The topological polar surface area (TPSA) is 88.5 Å². The van der Waals surface area contributed by atoms with E-state index in [1.54, 1.807) is 6.08 Å². The van der Waals surface area contributed by atoms with Gasteiger partial charge in [-0.3, -0.25) is 14.5 Å². The highest BCUT2D eigenvalue weighted by Gasteiger charge is 2.27. The van der Waals surface area contributed by atoms with E-state index >= 15 is 0 Å². The Morgan fingerprint density at radius 2 is 1.96 bits per heavy atom. The molecule has 8 heteroatoms. The van der Waals surface area contributed by atoms with Crippen molar-refractivity contribution in [1.82, 2.24) is 25.1 Å². The maximum Gasteiger partial charge on any atom is 0.287 e. The third-order valence-electron chi connectivity index (χ3n) is 4.76. The summed E-state index contributed by atoms with van der Waals surface area (Å²) in [5, 5.41) is 5.69. The van der Waals surface area contributed by atoms with Crippen LogP contribution in [-0.4, -0.2) is 72.2 Å². The van der Waals surface area contributed by atoms with Crippen LogP contribution in [-0.2, 0) is 17.7 Å². The quantitative estimate of drug-likeness (QED) is 0.677. The SMILES string of the molecule is C=CCNC(=O)c1nc(C(=O)NCCN2CCOCC2)c2n1CCCC2. The van der Waals surface area contributed by atoms with E-state index in [0.29, 0.717) is 24.6 Å². The summed E-state index contributed by atoms with van der Waals surface area (Å²) in [6, 6.07) is 0. The van der Waals surface area contributed by atoms with E-state index in [9.17, 15) is 9.59 Å². The van der Waals surface area contributed by atoms with Crippen LogP contribution in [0.5, 0.6) is 0 Å². The van der Waals surface area contributed by atoms with E-state index < -0.39 is 0 Å². The maximum absolute atomic E-state index is 12.6. The minimum absolute atomic E-state index is 0.202. The van der Waals surface area contributed by atoms with E-state index in [1.807, 2.05) is 4.57 Å². The predicted octanol–water partition coefficient (Wildman–Crippen LogP) is 0.197. The Balaban J connectivity index is 1.65. The van der Waals surface area contributed by atoms with Crippen molar-refractivity contribution in [1.29, 1.82) is 0 Å². The molecule has 3 heterocycles. The minimum atomic E-state index is -0.264. The van der Waals surface area contributed by atoms with Crippen LogP contribution in [0.1, 0.15) is 39.6 Å². The van der Waals surface area contributed by atoms with Gasteiger partial charge in [-0.1, -0.05) is 6.08 Å². The molecule has 2 aliphatic heterocycles. The zero-order valence-corrected chi connectivity index (χ0v) is 15.1. The smallest absolute Gasteiger partial charge is 0.287 e. The Morgan fingerprint density at radius 3 is 2.73 bits per heavy atom. The number of morpholine rings is 1. The first-order valence-corrected chi connectivity index (χ1v) is 9.27. The monoisotopic (exact) mass is 361 g/mol. The van der Waals surface area contributed by atoms with Crippen LogP contribution in [0.2, 0.25) is 0 Å². The normalized spacial score (nSPS) is 17.4. The summed E-state index contributed by atoms with van der Waals surface area (Å²) in [6.07, 6.45) is 4.39. The number of nitrogens with one attached hydrogen (secondary N) is 2. The number of carbonyl (C=O) groups is 2. The molecule has 0 spiro atoms. The molecule has 2 amide bonds. The van der Waals surface area contributed by atoms with Crippen molar-refractivity contribution in [2.75, 3.05) is 45.9 Å². The number of hydrogen-bond donors (Lipinski definition) is 2. The molecule has 1 aromatic heterocycles. The molecule has 0 atom stereocenters. The molecule has 2 N–H and O–H groups in total. The molecule has 0 bridgehead atoms. The van der Waals surface area contributed by atoms with Gasteiger partial charge < -0.3 is 19.9 Å². The van der Waals surface area contributed by atoms with Crippen LogP contribution in [0.15, 0.2) is 12.7 Å². The summed E-state index contributed by atoms with van der Waals surface area (Å²) in [4.78, 5) is 31.6. The second-order valence-corrected chi connectivity index (χ2v) is 6.55. The van der Waals surface area contributed by atoms with Gasteiger partial charge in [-0.05, 0) is 19.3 Å². The third kappa shape index (κ3) is 4.31. The van der Waals surface area contributed by atoms with Crippen molar-refractivity contribution in [2.45, 2.75) is 25.8 Å². The van der Waals surface area contributed by atoms with Crippen LogP contribution in [0, 0.1) is 0 Å². The van der Waals surface area contributed by atoms with E-state index in [2.05, 4.69) is 27.1 Å². The average molecular weight is 361 g/mol. The van der Waals surface area contributed by atoms with Crippen molar-refractivity contribution in [3.63, 3.8) is 0 Å². The summed E-state index contributed by atoms with van der Waals surface area (Å²) in [7, 11) is 0. The standard InChI is InChI=1S/C18H27N5O3/c1-2-6-19-18(25)16-21-15(14-5-3-4-8-23(14)16)17(24)20-7-9-22-10-12-26-13-11-22/h2H,1,3-13H2,(H,19,25)(H,20,24). The zero-order valence-electron chi connectivity index (χ0n) is 15.1. The highest BCUT2D eigenvalue weighted by molar-refractivity contribution is 5.97. The van der Waals surface area contributed by atoms with Crippen molar-refractivity contribution in [3.05, 3.63) is 29.9 Å². The van der Waals surface area contributed by atoms with Crippen LogP contribution in [0.4, 0.5) is 0 Å². The van der Waals surface area contributed by atoms with E-state index in [0.717, 1.165) is 64.3 Å². The van der Waals surface area contributed by atoms with Crippen molar-refractivity contribution in [2.24, 2.45) is 0 Å². The molecule has 1 aromatic rings. The van der Waals surface area contributed by atoms with E-state index in [1.165, 1.54) is 0 Å². The lowest BCUT2D eigenvalue weighted by Crippen LogP contribution is -2.41. The van der Waals surface area contributed by atoms with Gasteiger partial charge in [-0.25, -0.2) is 4.98 Å². The number of nitrogens with zero attached hydrogens (tertiary/aromatic N) is 3. The summed E-state index contributed by atoms with van der Waals surface area (Å²) in [5.41, 5.74) is 1.25. The number of rotatable bonds is 7. The fraction of sp³-hybridized carbons (Fsp3) is 0.611. The lowest BCUT2D eigenvalue weighted by Gasteiger charge is -2.26. The first-order chi connectivity index (χ1) is 12.7. The molecule has 1 fully saturated rings. The summed E-state index contributed by atoms with van der Waals surface area (Å²) >= 11 is 0. The second-order valence-electron chi connectivity index (χ2n) is 6.55. The summed E-state index contributed by atoms with van der Waals surface area (Å²) < 4.78 is 7.21. The van der Waals surface area contributed by atoms with Crippen LogP contribution >= 0.6 is 0 Å². The Bertz CT molecular complexity index is 664. The Labute approximate surface area is 153 Å². The van der Waals surface area contributed by atoms with Gasteiger partial charge >= 0.3 is 0 Å². The molecule has 142 valence electrons. The molecular formula is C18H27N5O3. The minimum Gasteiger partial charge on any atom is -0.379 e. The number of aromatic nitrogens is 2. The molecule has 1 saturated heterocycles. The number of ether oxygens (including phenoxy) is 1. The Kier molecular flexibility index (Phi) is 6.40. The average Bonchev–Trinajstić information content (AvgIpc) is 3.07. The maximum atomic E-state index is 12.6. The lowest BCUT2D eigenvalue weighted by atomic mass is 10.1. The molecule has 3 rings (SSSR count). The number of hydrogen-bond acceptors (Lipinski definition) is 5. The van der Waals surface area contributed by atoms with Crippen LogP contribution < -0.4 is 10.6 Å². The van der Waals surface area contributed by atoms with Gasteiger partial charge in [0.05, 0.1) is 18.9 Å². The first-order valence-electron chi connectivity index (χ1n) is 9.27. The van der Waals surface area contributed by atoms with Gasteiger partial charge in [0.1, 0.15) is 5.69 Å². The highest BCUT2D eigenvalue weighted by Crippen LogP contribution is 2.21. The number of imidazole rings is 1. The van der Waals surface area contributed by atoms with Crippen LogP contribution in [0.3, 0.4) is 0 Å². The lowest BCUT2D eigenvalue weighted by molar-refractivity contribution is 0.0383. The van der Waals surface area contributed by atoms with Gasteiger partial charge in [0.15, 0.2) is 5.82 Å². The molecule has 0 radical (unpaired) electrons. The van der Waals surface area contributed by atoms with Gasteiger partial charge in [-0.2, -0.15) is 0 Å². The fourth-order valence-corrected chi connectivity index (χ4v) is 3.38. The summed E-state index contributed by atoms with van der Waals surface area (Å²) in [5.74, 6) is -0.146. The van der Waals surface area contributed by atoms with Crippen molar-refractivity contribution in [3.8, 4) is 0 Å². The molecule has 26 heavy (non-hydrogen) atoms. The van der Waals surface area contributed by atoms with Crippen molar-refractivity contribution < 1.29 is 14.3 Å². The van der Waals surface area contributed by atoms with Gasteiger partial charge in [0.25, 0.3) is 11.8 Å². The Morgan fingerprint density at radius 1 is 1.15 bits per heavy atom. The van der Waals surface area contributed by atoms with Crippen molar-refractivity contribution >= 4 is 11.8 Å². The van der Waals surface area contributed by atoms with Crippen LogP contribution in [0.25, 0.3) is 0 Å². The third-order valence-corrected chi connectivity index (χ3v) is 4.76. The molecule has 8 nitrogen and oxygen atoms in total.